The van der Waals surface area contributed by atoms with Gasteiger partial charge in [0.25, 0.3) is 0 Å². The molecule has 0 aliphatic heterocycles. The van der Waals surface area contributed by atoms with Crippen molar-refractivity contribution < 1.29 is 23.1 Å². The third kappa shape index (κ3) is 5.63. The highest BCUT2D eigenvalue weighted by molar-refractivity contribution is 9.10. The van der Waals surface area contributed by atoms with Gasteiger partial charge in [-0.3, -0.25) is 0 Å². The molecule has 0 unspecified atom stereocenters. The maximum Gasteiger partial charge on any atom is 0.335 e. The molecule has 2 N–H and O–H groups in total. The summed E-state index contributed by atoms with van der Waals surface area (Å²) >= 11 is 3.22. The van der Waals surface area contributed by atoms with Gasteiger partial charge in [0.15, 0.2) is 0 Å². The van der Waals surface area contributed by atoms with Gasteiger partial charge < -0.3 is 9.84 Å². The van der Waals surface area contributed by atoms with Gasteiger partial charge in [-0.15, -0.1) is 0 Å². The fourth-order valence-electron chi connectivity index (χ4n) is 2.28. The summed E-state index contributed by atoms with van der Waals surface area (Å²) in [6, 6.07) is 12.3. The van der Waals surface area contributed by atoms with Crippen LogP contribution in [0.15, 0.2) is 51.8 Å². The summed E-state index contributed by atoms with van der Waals surface area (Å²) in [6.07, 6.45) is 0.501. The van der Waals surface area contributed by atoms with Crippen molar-refractivity contribution in [2.45, 2.75) is 24.8 Å². The zero-order valence-corrected chi connectivity index (χ0v) is 16.6. The summed E-state index contributed by atoms with van der Waals surface area (Å²) in [5.74, 6) is -1.17. The number of hydrogen-bond acceptors (Lipinski definition) is 4. The Balaban J connectivity index is 1.90. The van der Waals surface area contributed by atoms with Crippen LogP contribution in [0.3, 0.4) is 0 Å². The number of aromatic carboxylic acids is 1. The number of ether oxygens (including phenoxy) is 1. The molecule has 0 amide bonds. The summed E-state index contributed by atoms with van der Waals surface area (Å²) in [4.78, 5) is 11.1. The van der Waals surface area contributed by atoms with Crippen molar-refractivity contribution in [3.8, 4) is 0 Å². The Hall–Kier alpha value is -1.74. The molecule has 0 atom stereocenters. The highest BCUT2D eigenvalue weighted by atomic mass is 79.9. The van der Waals surface area contributed by atoms with Crippen LogP contribution in [0, 0.1) is 6.92 Å². The van der Waals surface area contributed by atoms with Gasteiger partial charge in [-0.2, -0.15) is 0 Å². The van der Waals surface area contributed by atoms with Crippen LogP contribution in [-0.2, 0) is 21.4 Å². The summed E-state index contributed by atoms with van der Waals surface area (Å²) in [6.45, 7) is 2.72. The molecule has 0 spiro atoms. The third-order valence-corrected chi connectivity index (χ3v) is 6.43. The van der Waals surface area contributed by atoms with Crippen LogP contribution in [0.4, 0.5) is 0 Å². The van der Waals surface area contributed by atoms with E-state index < -0.39 is 16.0 Å². The Morgan fingerprint density at radius 1 is 1.23 bits per heavy atom. The van der Waals surface area contributed by atoms with E-state index >= 15 is 0 Å². The molecule has 8 heteroatoms. The van der Waals surface area contributed by atoms with E-state index in [0.29, 0.717) is 29.7 Å². The number of sulfonamides is 1. The number of carboxylic acid groups (broad SMARTS) is 1. The quantitative estimate of drug-likeness (QED) is 0.582. The number of benzene rings is 2. The van der Waals surface area contributed by atoms with Gasteiger partial charge in [-0.25, -0.2) is 17.9 Å². The lowest BCUT2D eigenvalue weighted by atomic mass is 10.1. The van der Waals surface area contributed by atoms with E-state index in [1.165, 1.54) is 6.07 Å². The second kappa shape index (κ2) is 9.27. The molecule has 0 saturated carbocycles. The number of rotatable bonds is 9. The lowest BCUT2D eigenvalue weighted by Crippen LogP contribution is -2.26. The zero-order chi connectivity index (χ0) is 19.2. The molecule has 0 saturated heterocycles. The minimum Gasteiger partial charge on any atom is -0.478 e. The fraction of sp³-hybridized carbons (Fsp3) is 0.278. The number of halogens is 1. The van der Waals surface area contributed by atoms with Gasteiger partial charge in [0.2, 0.25) is 10.0 Å². The molecular formula is C18H20BrNO5S. The van der Waals surface area contributed by atoms with Crippen LogP contribution in [0.25, 0.3) is 0 Å². The molecule has 0 heterocycles. The van der Waals surface area contributed by atoms with Crippen molar-refractivity contribution in [2.24, 2.45) is 0 Å². The van der Waals surface area contributed by atoms with E-state index in [9.17, 15) is 13.2 Å². The average Bonchev–Trinajstić information content (AvgIpc) is 2.60. The molecule has 2 rings (SSSR count). The Morgan fingerprint density at radius 3 is 2.58 bits per heavy atom. The van der Waals surface area contributed by atoms with E-state index in [1.54, 1.807) is 6.92 Å². The van der Waals surface area contributed by atoms with Gasteiger partial charge in [0.05, 0.1) is 17.1 Å². The minimum atomic E-state index is -3.82. The van der Waals surface area contributed by atoms with Crippen LogP contribution < -0.4 is 4.72 Å². The van der Waals surface area contributed by atoms with Gasteiger partial charge in [-0.1, -0.05) is 30.3 Å². The first-order chi connectivity index (χ1) is 12.3. The number of carbonyl (C=O) groups is 1. The molecular weight excluding hydrogens is 422 g/mol. The molecule has 0 aromatic heterocycles. The van der Waals surface area contributed by atoms with E-state index in [1.807, 2.05) is 30.3 Å². The molecule has 0 fully saturated rings. The van der Waals surface area contributed by atoms with Crippen LogP contribution >= 0.6 is 15.9 Å². The first-order valence-electron chi connectivity index (χ1n) is 7.96. The standard InChI is InChI=1S/C18H20BrNO5S/c1-13-10-15(18(21)22)11-16(17(13)19)26(23,24)20-8-5-9-25-12-14-6-3-2-4-7-14/h2-4,6-7,10-11,20H,5,8-9,12H2,1H3,(H,21,22). The Bertz CT molecular complexity index is 869. The van der Waals surface area contributed by atoms with Gasteiger partial charge in [0.1, 0.15) is 0 Å². The van der Waals surface area contributed by atoms with Crippen molar-refractivity contribution >= 4 is 31.9 Å². The van der Waals surface area contributed by atoms with Gasteiger partial charge in [-0.05, 0) is 52.5 Å². The SMILES string of the molecule is Cc1cc(C(=O)O)cc(S(=O)(=O)NCCCOCc2ccccc2)c1Br. The van der Waals surface area contributed by atoms with Crippen LogP contribution in [-0.4, -0.2) is 32.6 Å². The number of nitrogens with one attached hydrogen (secondary N) is 1. The Morgan fingerprint density at radius 2 is 1.92 bits per heavy atom. The minimum absolute atomic E-state index is 0.0720. The average molecular weight is 442 g/mol. The molecule has 2 aromatic carbocycles. The number of aryl methyl sites for hydroxylation is 1. The van der Waals surface area contributed by atoms with Crippen LogP contribution in [0.1, 0.15) is 27.9 Å². The third-order valence-electron chi connectivity index (χ3n) is 3.63. The lowest BCUT2D eigenvalue weighted by Gasteiger charge is -2.11. The largest absolute Gasteiger partial charge is 0.478 e. The van der Waals surface area contributed by atoms with Crippen molar-refractivity contribution in [1.29, 1.82) is 0 Å². The van der Waals surface area contributed by atoms with E-state index in [-0.39, 0.29) is 17.0 Å². The van der Waals surface area contributed by atoms with Crippen molar-refractivity contribution in [3.63, 3.8) is 0 Å². The first kappa shape index (κ1) is 20.6. The second-order valence-electron chi connectivity index (χ2n) is 5.70. The highest BCUT2D eigenvalue weighted by Gasteiger charge is 2.21. The van der Waals surface area contributed by atoms with E-state index in [2.05, 4.69) is 20.7 Å². The molecule has 0 radical (unpaired) electrons. The summed E-state index contributed by atoms with van der Waals surface area (Å²) in [7, 11) is -3.82. The van der Waals surface area contributed by atoms with Crippen molar-refractivity contribution in [2.75, 3.05) is 13.2 Å². The Kier molecular flexibility index (Phi) is 7.33. The molecule has 0 aliphatic rings. The van der Waals surface area contributed by atoms with E-state index in [4.69, 9.17) is 9.84 Å². The van der Waals surface area contributed by atoms with Gasteiger partial charge >= 0.3 is 5.97 Å². The predicted molar refractivity (Wildman–Crippen MR) is 102 cm³/mol. The summed E-state index contributed by atoms with van der Waals surface area (Å²) in [5, 5.41) is 9.11. The van der Waals surface area contributed by atoms with E-state index in [0.717, 1.165) is 11.6 Å². The summed E-state index contributed by atoms with van der Waals surface area (Å²) in [5.41, 5.74) is 1.52. The topological polar surface area (TPSA) is 92.7 Å². The maximum absolute atomic E-state index is 12.5. The highest BCUT2D eigenvalue weighted by Crippen LogP contribution is 2.27. The number of carboxylic acids is 1. The molecule has 140 valence electrons. The second-order valence-corrected chi connectivity index (χ2v) is 8.23. The molecule has 6 nitrogen and oxygen atoms in total. The Labute approximate surface area is 161 Å². The smallest absolute Gasteiger partial charge is 0.335 e. The fourth-order valence-corrected chi connectivity index (χ4v) is 4.39. The van der Waals surface area contributed by atoms with Crippen LogP contribution in [0.5, 0.6) is 0 Å². The normalized spacial score (nSPS) is 11.5. The lowest BCUT2D eigenvalue weighted by molar-refractivity contribution is 0.0696. The predicted octanol–water partition coefficient (Wildman–Crippen LogP) is 3.34. The maximum atomic E-state index is 12.5. The van der Waals surface area contributed by atoms with Crippen LogP contribution in [0.2, 0.25) is 0 Å². The first-order valence-corrected chi connectivity index (χ1v) is 10.2. The number of hydrogen-bond donors (Lipinski definition) is 2. The summed E-state index contributed by atoms with van der Waals surface area (Å²) < 4.78 is 33.3. The van der Waals surface area contributed by atoms with Gasteiger partial charge in [0, 0.05) is 17.6 Å². The molecule has 0 aliphatic carbocycles. The van der Waals surface area contributed by atoms with Crippen molar-refractivity contribution in [1.82, 2.24) is 4.72 Å². The monoisotopic (exact) mass is 441 g/mol. The molecule has 0 bridgehead atoms. The molecule has 2 aromatic rings. The zero-order valence-electron chi connectivity index (χ0n) is 14.2. The van der Waals surface area contributed by atoms with Crippen molar-refractivity contribution in [3.05, 3.63) is 63.6 Å². The molecule has 26 heavy (non-hydrogen) atoms.